The van der Waals surface area contributed by atoms with Crippen LogP contribution in [0.5, 0.6) is 0 Å². The van der Waals surface area contributed by atoms with Crippen LogP contribution in [0.4, 0.5) is 4.39 Å². The molecule has 0 radical (unpaired) electrons. The molecule has 0 fully saturated rings. The Morgan fingerprint density at radius 1 is 1.53 bits per heavy atom. The summed E-state index contributed by atoms with van der Waals surface area (Å²) in [5.74, 6) is -0.225. The molecule has 2 nitrogen and oxygen atoms in total. The van der Waals surface area contributed by atoms with Crippen molar-refractivity contribution in [2.75, 3.05) is 20.3 Å². The highest BCUT2D eigenvalue weighted by Crippen LogP contribution is 2.23. The second kappa shape index (κ2) is 6.20. The minimum Gasteiger partial charge on any atom is -0.380 e. The van der Waals surface area contributed by atoms with Crippen molar-refractivity contribution in [1.82, 2.24) is 5.32 Å². The molecule has 1 N–H and O–H groups in total. The first-order valence-corrected chi connectivity index (χ1v) is 5.69. The van der Waals surface area contributed by atoms with Crippen molar-refractivity contribution < 1.29 is 9.13 Å². The third kappa shape index (κ3) is 3.26. The zero-order valence-corrected chi connectivity index (χ0v) is 10.5. The molecule has 0 aliphatic rings. The van der Waals surface area contributed by atoms with E-state index in [1.54, 1.807) is 19.2 Å². The van der Waals surface area contributed by atoms with Gasteiger partial charge in [0.05, 0.1) is 17.1 Å². The van der Waals surface area contributed by atoms with E-state index in [4.69, 9.17) is 4.74 Å². The van der Waals surface area contributed by atoms with Crippen molar-refractivity contribution in [2.24, 2.45) is 0 Å². The Labute approximate surface area is 98.0 Å². The molecule has 1 rings (SSSR count). The lowest BCUT2D eigenvalue weighted by Gasteiger charge is -2.17. The second-order valence-electron chi connectivity index (χ2n) is 3.14. The fourth-order valence-corrected chi connectivity index (χ4v) is 1.74. The number of ether oxygens (including phenoxy) is 1. The Balaban J connectivity index is 2.86. The molecular formula is C11H15BrFNO. The van der Waals surface area contributed by atoms with Gasteiger partial charge in [-0.3, -0.25) is 0 Å². The molecule has 0 aromatic heterocycles. The summed E-state index contributed by atoms with van der Waals surface area (Å²) in [5.41, 5.74) is 0.625. The average molecular weight is 276 g/mol. The van der Waals surface area contributed by atoms with Gasteiger partial charge in [-0.15, -0.1) is 0 Å². The predicted octanol–water partition coefficient (Wildman–Crippen LogP) is 2.89. The van der Waals surface area contributed by atoms with Crippen molar-refractivity contribution in [3.05, 3.63) is 34.1 Å². The lowest BCUT2D eigenvalue weighted by atomic mass is 10.1. The van der Waals surface area contributed by atoms with E-state index in [0.717, 1.165) is 0 Å². The molecule has 84 valence electrons. The molecule has 1 aromatic rings. The summed E-state index contributed by atoms with van der Waals surface area (Å²) in [6.07, 6.45) is 0. The smallest absolute Gasteiger partial charge is 0.142 e. The van der Waals surface area contributed by atoms with Crippen LogP contribution >= 0.6 is 15.9 Å². The molecule has 0 aliphatic heterocycles. The maximum atomic E-state index is 13.7. The highest BCUT2D eigenvalue weighted by molar-refractivity contribution is 9.10. The normalized spacial score (nSPS) is 12.8. The van der Waals surface area contributed by atoms with Gasteiger partial charge in [-0.1, -0.05) is 12.1 Å². The van der Waals surface area contributed by atoms with E-state index in [0.29, 0.717) is 23.2 Å². The predicted molar refractivity (Wildman–Crippen MR) is 62.4 cm³/mol. The molecule has 0 amide bonds. The monoisotopic (exact) mass is 275 g/mol. The van der Waals surface area contributed by atoms with Crippen LogP contribution in [0.1, 0.15) is 18.5 Å². The molecule has 0 saturated heterocycles. The minimum atomic E-state index is -0.225. The summed E-state index contributed by atoms with van der Waals surface area (Å²) in [7, 11) is 1.80. The van der Waals surface area contributed by atoms with E-state index in [1.165, 1.54) is 0 Å². The van der Waals surface area contributed by atoms with Crippen LogP contribution in [0.25, 0.3) is 0 Å². The molecule has 0 saturated carbocycles. The quantitative estimate of drug-likeness (QED) is 0.892. The third-order valence-corrected chi connectivity index (χ3v) is 2.81. The lowest BCUT2D eigenvalue weighted by molar-refractivity contribution is 0.124. The van der Waals surface area contributed by atoms with Gasteiger partial charge in [-0.05, 0) is 36.0 Å². The molecule has 0 bridgehead atoms. The maximum Gasteiger partial charge on any atom is 0.142 e. The number of likely N-dealkylation sites (N-methyl/N-ethyl adjacent to an activating group) is 1. The molecule has 15 heavy (non-hydrogen) atoms. The summed E-state index contributed by atoms with van der Waals surface area (Å²) < 4.78 is 19.5. The largest absolute Gasteiger partial charge is 0.380 e. The highest BCUT2D eigenvalue weighted by Gasteiger charge is 2.15. The Kier molecular flexibility index (Phi) is 5.22. The first kappa shape index (κ1) is 12.6. The van der Waals surface area contributed by atoms with Crippen molar-refractivity contribution in [3.8, 4) is 0 Å². The SMILES string of the molecule is CCOCC(NC)c1cccc(Br)c1F. The molecule has 1 aromatic carbocycles. The molecule has 1 unspecified atom stereocenters. The van der Waals surface area contributed by atoms with Crippen molar-refractivity contribution in [3.63, 3.8) is 0 Å². The molecule has 1 atom stereocenters. The Hall–Kier alpha value is -0.450. The summed E-state index contributed by atoms with van der Waals surface area (Å²) in [5, 5.41) is 3.04. The van der Waals surface area contributed by atoms with Gasteiger partial charge in [0.15, 0.2) is 0 Å². The van der Waals surface area contributed by atoms with Crippen LogP contribution in [0.3, 0.4) is 0 Å². The molecule has 0 spiro atoms. The minimum absolute atomic E-state index is 0.109. The van der Waals surface area contributed by atoms with Crippen molar-refractivity contribution in [2.45, 2.75) is 13.0 Å². The van der Waals surface area contributed by atoms with E-state index in [-0.39, 0.29) is 11.9 Å². The van der Waals surface area contributed by atoms with Gasteiger partial charge >= 0.3 is 0 Å². The maximum absolute atomic E-state index is 13.7. The van der Waals surface area contributed by atoms with Crippen LogP contribution in [-0.4, -0.2) is 20.3 Å². The van der Waals surface area contributed by atoms with Gasteiger partial charge in [0, 0.05) is 12.2 Å². The first-order chi connectivity index (χ1) is 7.20. The van der Waals surface area contributed by atoms with Gasteiger partial charge in [0.25, 0.3) is 0 Å². The van der Waals surface area contributed by atoms with E-state index in [2.05, 4.69) is 21.2 Å². The standard InChI is InChI=1S/C11H15BrFNO/c1-3-15-7-10(14-2)8-5-4-6-9(12)11(8)13/h4-6,10,14H,3,7H2,1-2H3. The van der Waals surface area contributed by atoms with Gasteiger partial charge < -0.3 is 10.1 Å². The van der Waals surface area contributed by atoms with Crippen molar-refractivity contribution >= 4 is 15.9 Å². The third-order valence-electron chi connectivity index (χ3n) is 2.19. The van der Waals surface area contributed by atoms with Crippen LogP contribution in [-0.2, 0) is 4.74 Å². The van der Waals surface area contributed by atoms with E-state index in [9.17, 15) is 4.39 Å². The zero-order chi connectivity index (χ0) is 11.3. The molecular weight excluding hydrogens is 261 g/mol. The molecule has 0 heterocycles. The van der Waals surface area contributed by atoms with E-state index < -0.39 is 0 Å². The Morgan fingerprint density at radius 3 is 2.87 bits per heavy atom. The molecule has 4 heteroatoms. The zero-order valence-electron chi connectivity index (χ0n) is 8.89. The first-order valence-electron chi connectivity index (χ1n) is 4.89. The molecule has 0 aliphatic carbocycles. The van der Waals surface area contributed by atoms with E-state index >= 15 is 0 Å². The Bertz CT molecular complexity index is 319. The number of hydrogen-bond donors (Lipinski definition) is 1. The highest BCUT2D eigenvalue weighted by atomic mass is 79.9. The topological polar surface area (TPSA) is 21.3 Å². The number of benzene rings is 1. The number of halogens is 2. The fourth-order valence-electron chi connectivity index (χ4n) is 1.35. The van der Waals surface area contributed by atoms with E-state index in [1.807, 2.05) is 13.0 Å². The van der Waals surface area contributed by atoms with Gasteiger partial charge in [0.1, 0.15) is 5.82 Å². The van der Waals surface area contributed by atoms with Gasteiger partial charge in [-0.2, -0.15) is 0 Å². The van der Waals surface area contributed by atoms with Crippen molar-refractivity contribution in [1.29, 1.82) is 0 Å². The van der Waals surface area contributed by atoms with Crippen LogP contribution in [0, 0.1) is 5.82 Å². The van der Waals surface area contributed by atoms with Gasteiger partial charge in [0.2, 0.25) is 0 Å². The Morgan fingerprint density at radius 2 is 2.27 bits per heavy atom. The number of rotatable bonds is 5. The van der Waals surface area contributed by atoms with Crippen LogP contribution < -0.4 is 5.32 Å². The summed E-state index contributed by atoms with van der Waals surface area (Å²) in [4.78, 5) is 0. The number of hydrogen-bond acceptors (Lipinski definition) is 2. The van der Waals surface area contributed by atoms with Gasteiger partial charge in [-0.25, -0.2) is 4.39 Å². The second-order valence-corrected chi connectivity index (χ2v) is 4.00. The van der Waals surface area contributed by atoms with Crippen LogP contribution in [0.15, 0.2) is 22.7 Å². The lowest BCUT2D eigenvalue weighted by Crippen LogP contribution is -2.23. The summed E-state index contributed by atoms with van der Waals surface area (Å²) in [6.45, 7) is 3.03. The van der Waals surface area contributed by atoms with Crippen LogP contribution in [0.2, 0.25) is 0 Å². The number of nitrogens with one attached hydrogen (secondary N) is 1. The fraction of sp³-hybridized carbons (Fsp3) is 0.455. The summed E-state index contributed by atoms with van der Waals surface area (Å²) in [6, 6.07) is 5.16. The average Bonchev–Trinajstić information content (AvgIpc) is 2.25. The summed E-state index contributed by atoms with van der Waals surface area (Å²) >= 11 is 3.17.